The van der Waals surface area contributed by atoms with Gasteiger partial charge in [-0.25, -0.2) is 0 Å². The SMILES string of the molecule is CCCCC(=C=C(C)CC)CC. The van der Waals surface area contributed by atoms with Crippen molar-refractivity contribution in [3.63, 3.8) is 0 Å². The Balaban J connectivity index is 4.21. The number of hydrogen-bond acceptors (Lipinski definition) is 0. The molecule has 0 bridgehead atoms. The van der Waals surface area contributed by atoms with E-state index in [1.54, 1.807) is 0 Å². The van der Waals surface area contributed by atoms with Gasteiger partial charge in [0.25, 0.3) is 0 Å². The minimum Gasteiger partial charge on any atom is -0.123 e. The monoisotopic (exact) mass is 166 g/mol. The minimum absolute atomic E-state index is 1.13. The molecule has 0 N–H and O–H groups in total. The first kappa shape index (κ1) is 11.5. The van der Waals surface area contributed by atoms with Gasteiger partial charge in [-0.05, 0) is 43.8 Å². The molecule has 0 aromatic carbocycles. The molecule has 0 amide bonds. The summed E-state index contributed by atoms with van der Waals surface area (Å²) in [6, 6.07) is 0. The van der Waals surface area contributed by atoms with Crippen LogP contribution in [0.5, 0.6) is 0 Å². The van der Waals surface area contributed by atoms with Crippen LogP contribution in [0.2, 0.25) is 0 Å². The molecule has 0 atom stereocenters. The van der Waals surface area contributed by atoms with Gasteiger partial charge in [-0.3, -0.25) is 0 Å². The van der Waals surface area contributed by atoms with Gasteiger partial charge in [0.2, 0.25) is 0 Å². The van der Waals surface area contributed by atoms with Crippen molar-refractivity contribution in [2.45, 2.75) is 59.8 Å². The fourth-order valence-corrected chi connectivity index (χ4v) is 1.11. The third-order valence-corrected chi connectivity index (χ3v) is 2.18. The highest BCUT2D eigenvalue weighted by atomic mass is 14.0. The second-order valence-electron chi connectivity index (χ2n) is 3.32. The van der Waals surface area contributed by atoms with Crippen LogP contribution in [0.1, 0.15) is 59.8 Å². The van der Waals surface area contributed by atoms with Crippen LogP contribution in [0.4, 0.5) is 0 Å². The summed E-state index contributed by atoms with van der Waals surface area (Å²) in [6.45, 7) is 8.82. The Morgan fingerprint density at radius 3 is 2.17 bits per heavy atom. The van der Waals surface area contributed by atoms with Crippen LogP contribution in [-0.4, -0.2) is 0 Å². The van der Waals surface area contributed by atoms with E-state index < -0.39 is 0 Å². The Bertz CT molecular complexity index is 168. The standard InChI is InChI=1S/C12H22/c1-5-8-9-12(7-3)10-11(4)6-2/h5-9H2,1-4H3. The molecule has 0 saturated carbocycles. The zero-order valence-corrected chi connectivity index (χ0v) is 9.04. The summed E-state index contributed by atoms with van der Waals surface area (Å²) in [6.07, 6.45) is 6.14. The molecule has 0 heterocycles. The average Bonchev–Trinajstić information content (AvgIpc) is 2.11. The fraction of sp³-hybridized carbons (Fsp3) is 0.750. The molecule has 0 aliphatic carbocycles. The Hall–Kier alpha value is -0.480. The van der Waals surface area contributed by atoms with Crippen LogP contribution in [0.15, 0.2) is 16.9 Å². The van der Waals surface area contributed by atoms with E-state index in [1.165, 1.54) is 30.4 Å². The Morgan fingerprint density at radius 2 is 1.75 bits per heavy atom. The lowest BCUT2D eigenvalue weighted by Crippen LogP contribution is -1.80. The lowest BCUT2D eigenvalue weighted by Gasteiger charge is -1.99. The third-order valence-electron chi connectivity index (χ3n) is 2.18. The molecular formula is C12H22. The molecule has 12 heavy (non-hydrogen) atoms. The third kappa shape index (κ3) is 5.21. The van der Waals surface area contributed by atoms with Gasteiger partial charge in [0.15, 0.2) is 0 Å². The summed E-state index contributed by atoms with van der Waals surface area (Å²) in [5.74, 6) is 0. The lowest BCUT2D eigenvalue weighted by atomic mass is 10.1. The van der Waals surface area contributed by atoms with Gasteiger partial charge in [0, 0.05) is 0 Å². The summed E-state index contributed by atoms with van der Waals surface area (Å²) in [5, 5.41) is 0. The van der Waals surface area contributed by atoms with E-state index in [2.05, 4.69) is 33.4 Å². The van der Waals surface area contributed by atoms with E-state index in [-0.39, 0.29) is 0 Å². The molecule has 0 aromatic rings. The Labute approximate surface area is 77.4 Å². The summed E-state index contributed by atoms with van der Waals surface area (Å²) in [4.78, 5) is 0. The molecule has 0 aliphatic heterocycles. The van der Waals surface area contributed by atoms with Gasteiger partial charge in [0.05, 0.1) is 0 Å². The highest BCUT2D eigenvalue weighted by Crippen LogP contribution is 2.11. The summed E-state index contributed by atoms with van der Waals surface area (Å²) in [5.41, 5.74) is 6.37. The molecule has 0 saturated heterocycles. The zero-order valence-electron chi connectivity index (χ0n) is 9.04. The van der Waals surface area contributed by atoms with Gasteiger partial charge in [-0.1, -0.05) is 27.2 Å². The van der Waals surface area contributed by atoms with Gasteiger partial charge >= 0.3 is 0 Å². The van der Waals surface area contributed by atoms with Gasteiger partial charge in [0.1, 0.15) is 0 Å². The molecule has 0 spiro atoms. The molecule has 70 valence electrons. The molecule has 0 fully saturated rings. The van der Waals surface area contributed by atoms with E-state index >= 15 is 0 Å². The predicted molar refractivity (Wildman–Crippen MR) is 56.3 cm³/mol. The van der Waals surface area contributed by atoms with Gasteiger partial charge in [-0.15, -0.1) is 5.73 Å². The first-order valence-electron chi connectivity index (χ1n) is 5.18. The molecule has 0 aromatic heterocycles. The van der Waals surface area contributed by atoms with E-state index in [1.807, 2.05) is 0 Å². The van der Waals surface area contributed by atoms with E-state index in [4.69, 9.17) is 0 Å². The summed E-state index contributed by atoms with van der Waals surface area (Å²) < 4.78 is 0. The Kier molecular flexibility index (Phi) is 6.90. The fourth-order valence-electron chi connectivity index (χ4n) is 1.11. The number of allylic oxidation sites excluding steroid dienone is 1. The minimum atomic E-state index is 1.13. The molecule has 0 radical (unpaired) electrons. The second-order valence-corrected chi connectivity index (χ2v) is 3.32. The lowest BCUT2D eigenvalue weighted by molar-refractivity contribution is 0.766. The molecular weight excluding hydrogens is 144 g/mol. The van der Waals surface area contributed by atoms with Crippen molar-refractivity contribution in [2.75, 3.05) is 0 Å². The van der Waals surface area contributed by atoms with E-state index in [9.17, 15) is 0 Å². The predicted octanol–water partition coefficient (Wildman–Crippen LogP) is 4.47. The number of rotatable bonds is 5. The largest absolute Gasteiger partial charge is 0.123 e. The number of unbranched alkanes of at least 4 members (excludes halogenated alkanes) is 1. The first-order chi connectivity index (χ1) is 5.74. The van der Waals surface area contributed by atoms with E-state index in [0.717, 1.165) is 12.8 Å². The van der Waals surface area contributed by atoms with Crippen molar-refractivity contribution in [2.24, 2.45) is 0 Å². The van der Waals surface area contributed by atoms with Crippen LogP contribution in [0, 0.1) is 0 Å². The van der Waals surface area contributed by atoms with Crippen LogP contribution < -0.4 is 0 Å². The van der Waals surface area contributed by atoms with Gasteiger partial charge < -0.3 is 0 Å². The van der Waals surface area contributed by atoms with Crippen molar-refractivity contribution in [1.29, 1.82) is 0 Å². The second kappa shape index (κ2) is 7.18. The smallest absolute Gasteiger partial charge is 0.0244 e. The normalized spacial score (nSPS) is 9.33. The summed E-state index contributed by atoms with van der Waals surface area (Å²) in [7, 11) is 0. The molecule has 0 rings (SSSR count). The van der Waals surface area contributed by atoms with Crippen LogP contribution >= 0.6 is 0 Å². The van der Waals surface area contributed by atoms with Crippen molar-refractivity contribution >= 4 is 0 Å². The van der Waals surface area contributed by atoms with Crippen LogP contribution in [-0.2, 0) is 0 Å². The zero-order chi connectivity index (χ0) is 9.40. The first-order valence-corrected chi connectivity index (χ1v) is 5.18. The quantitative estimate of drug-likeness (QED) is 0.529. The molecule has 0 unspecified atom stereocenters. The highest BCUT2D eigenvalue weighted by molar-refractivity contribution is 5.06. The topological polar surface area (TPSA) is 0 Å². The maximum absolute atomic E-state index is 3.48. The highest BCUT2D eigenvalue weighted by Gasteiger charge is 1.92. The average molecular weight is 166 g/mol. The van der Waals surface area contributed by atoms with Crippen LogP contribution in [0.25, 0.3) is 0 Å². The maximum atomic E-state index is 3.48. The number of hydrogen-bond donors (Lipinski definition) is 0. The van der Waals surface area contributed by atoms with Crippen molar-refractivity contribution in [3.05, 3.63) is 16.9 Å². The maximum Gasteiger partial charge on any atom is -0.0244 e. The van der Waals surface area contributed by atoms with Gasteiger partial charge in [-0.2, -0.15) is 0 Å². The van der Waals surface area contributed by atoms with Crippen molar-refractivity contribution < 1.29 is 0 Å². The van der Waals surface area contributed by atoms with Crippen molar-refractivity contribution in [1.82, 2.24) is 0 Å². The molecule has 0 heteroatoms. The summed E-state index contributed by atoms with van der Waals surface area (Å²) >= 11 is 0. The molecule has 0 nitrogen and oxygen atoms in total. The van der Waals surface area contributed by atoms with Crippen LogP contribution in [0.3, 0.4) is 0 Å². The Morgan fingerprint density at radius 1 is 1.08 bits per heavy atom. The molecule has 0 aliphatic rings. The van der Waals surface area contributed by atoms with E-state index in [0.29, 0.717) is 0 Å². The van der Waals surface area contributed by atoms with Crippen molar-refractivity contribution in [3.8, 4) is 0 Å².